The number of amides is 1. The monoisotopic (exact) mass is 385 g/mol. The van der Waals surface area contributed by atoms with Crippen LogP contribution in [0.2, 0.25) is 0 Å². The van der Waals surface area contributed by atoms with Crippen LogP contribution < -0.4 is 4.74 Å². The molecule has 0 saturated heterocycles. The van der Waals surface area contributed by atoms with Crippen molar-refractivity contribution < 1.29 is 14.6 Å². The van der Waals surface area contributed by atoms with E-state index in [1.807, 2.05) is 47.3 Å². The first kappa shape index (κ1) is 18.0. The van der Waals surface area contributed by atoms with Crippen LogP contribution >= 0.6 is 11.3 Å². The number of benzene rings is 1. The lowest BCUT2D eigenvalue weighted by Gasteiger charge is -2.42. The van der Waals surface area contributed by atoms with E-state index in [9.17, 15) is 9.90 Å². The number of rotatable bonds is 6. The van der Waals surface area contributed by atoms with Gasteiger partial charge in [-0.2, -0.15) is 0 Å². The molecule has 0 radical (unpaired) electrons. The molecule has 1 aliphatic rings. The van der Waals surface area contributed by atoms with Crippen LogP contribution in [0.25, 0.3) is 16.2 Å². The van der Waals surface area contributed by atoms with Gasteiger partial charge < -0.3 is 14.7 Å². The van der Waals surface area contributed by atoms with E-state index in [-0.39, 0.29) is 17.9 Å². The summed E-state index contributed by atoms with van der Waals surface area (Å²) in [7, 11) is 3.44. The maximum Gasteiger partial charge on any atom is 0.271 e. The van der Waals surface area contributed by atoms with Gasteiger partial charge in [-0.15, -0.1) is 11.3 Å². The van der Waals surface area contributed by atoms with Crippen LogP contribution in [0, 0.1) is 5.41 Å². The Morgan fingerprint density at radius 2 is 2.26 bits per heavy atom. The van der Waals surface area contributed by atoms with Gasteiger partial charge in [-0.25, -0.2) is 4.98 Å². The zero-order valence-electron chi connectivity index (χ0n) is 15.5. The first-order valence-corrected chi connectivity index (χ1v) is 9.90. The fraction of sp³-hybridized carbons (Fsp3) is 0.400. The van der Waals surface area contributed by atoms with Crippen LogP contribution in [-0.2, 0) is 0 Å². The minimum atomic E-state index is -0.125. The predicted molar refractivity (Wildman–Crippen MR) is 105 cm³/mol. The predicted octanol–water partition coefficient (Wildman–Crippen LogP) is 3.31. The second kappa shape index (κ2) is 6.98. The topological polar surface area (TPSA) is 67.1 Å². The van der Waals surface area contributed by atoms with Gasteiger partial charge in [-0.3, -0.25) is 9.20 Å². The Bertz CT molecular complexity index is 968. The summed E-state index contributed by atoms with van der Waals surface area (Å²) in [5.41, 5.74) is 2.24. The van der Waals surface area contributed by atoms with Crippen LogP contribution in [0.5, 0.6) is 5.75 Å². The lowest BCUT2D eigenvalue weighted by Crippen LogP contribution is -2.45. The number of carbonyl (C=O) groups is 1. The Morgan fingerprint density at radius 1 is 1.44 bits per heavy atom. The quantitative estimate of drug-likeness (QED) is 0.707. The molecule has 0 spiro atoms. The zero-order chi connectivity index (χ0) is 19.0. The summed E-state index contributed by atoms with van der Waals surface area (Å²) in [5.74, 6) is 0.727. The number of methoxy groups -OCH3 is 1. The van der Waals surface area contributed by atoms with Crippen molar-refractivity contribution in [3.8, 4) is 17.0 Å². The molecule has 1 N–H and O–H groups in total. The number of hydrogen-bond acceptors (Lipinski definition) is 5. The van der Waals surface area contributed by atoms with Gasteiger partial charge >= 0.3 is 0 Å². The van der Waals surface area contributed by atoms with E-state index < -0.39 is 0 Å². The largest absolute Gasteiger partial charge is 0.497 e. The average molecular weight is 385 g/mol. The molecule has 1 aliphatic carbocycles. The number of carbonyl (C=O) groups excluding carboxylic acids is 1. The van der Waals surface area contributed by atoms with Crippen molar-refractivity contribution >= 4 is 22.2 Å². The maximum absolute atomic E-state index is 13.0. The van der Waals surface area contributed by atoms with Gasteiger partial charge in [0.05, 0.1) is 19.4 Å². The van der Waals surface area contributed by atoms with Crippen LogP contribution in [-0.4, -0.2) is 52.6 Å². The molecule has 1 saturated carbocycles. The van der Waals surface area contributed by atoms with Gasteiger partial charge in [0.1, 0.15) is 11.4 Å². The fourth-order valence-electron chi connectivity index (χ4n) is 3.67. The van der Waals surface area contributed by atoms with Crippen LogP contribution in [0.15, 0.2) is 35.8 Å². The molecule has 27 heavy (non-hydrogen) atoms. The Kier molecular flexibility index (Phi) is 4.65. The molecule has 1 fully saturated rings. The molecular formula is C20H23N3O3S. The number of imidazole rings is 1. The Balaban J connectivity index is 1.61. The van der Waals surface area contributed by atoms with Crippen molar-refractivity contribution in [2.45, 2.75) is 19.3 Å². The fourth-order valence-corrected chi connectivity index (χ4v) is 4.52. The molecule has 142 valence electrons. The van der Waals surface area contributed by atoms with Crippen molar-refractivity contribution in [2.24, 2.45) is 5.41 Å². The zero-order valence-corrected chi connectivity index (χ0v) is 16.3. The number of thiazole rings is 1. The molecule has 6 nitrogen and oxygen atoms in total. The third kappa shape index (κ3) is 3.21. The summed E-state index contributed by atoms with van der Waals surface area (Å²) in [6.45, 7) is 0.714. The molecule has 2 aromatic heterocycles. The van der Waals surface area contributed by atoms with E-state index in [2.05, 4.69) is 4.98 Å². The Labute approximate surface area is 162 Å². The summed E-state index contributed by atoms with van der Waals surface area (Å²) in [6.07, 6.45) is 4.97. The van der Waals surface area contributed by atoms with Crippen molar-refractivity contribution in [3.63, 3.8) is 0 Å². The van der Waals surface area contributed by atoms with Gasteiger partial charge in [0.25, 0.3) is 5.91 Å². The van der Waals surface area contributed by atoms with Crippen LogP contribution in [0.4, 0.5) is 0 Å². The molecule has 2 heterocycles. The van der Waals surface area contributed by atoms with Crippen molar-refractivity contribution in [1.82, 2.24) is 14.3 Å². The first-order chi connectivity index (χ1) is 13.0. The van der Waals surface area contributed by atoms with E-state index in [1.54, 1.807) is 12.0 Å². The van der Waals surface area contributed by atoms with Gasteiger partial charge in [0.15, 0.2) is 4.96 Å². The highest BCUT2D eigenvalue weighted by molar-refractivity contribution is 7.15. The minimum absolute atomic E-state index is 0.0458. The average Bonchev–Trinajstić information content (AvgIpc) is 3.24. The molecule has 3 aromatic rings. The van der Waals surface area contributed by atoms with Gasteiger partial charge in [-0.1, -0.05) is 18.6 Å². The molecule has 4 rings (SSSR count). The van der Waals surface area contributed by atoms with E-state index in [0.29, 0.717) is 12.2 Å². The van der Waals surface area contributed by atoms with Gasteiger partial charge in [0.2, 0.25) is 0 Å². The van der Waals surface area contributed by atoms with Crippen LogP contribution in [0.3, 0.4) is 0 Å². The number of hydrogen-bond donors (Lipinski definition) is 1. The summed E-state index contributed by atoms with van der Waals surface area (Å²) in [6, 6.07) is 7.73. The molecule has 0 aliphatic heterocycles. The summed E-state index contributed by atoms with van der Waals surface area (Å²) >= 11 is 1.45. The highest BCUT2D eigenvalue weighted by Crippen LogP contribution is 2.41. The normalized spacial score (nSPS) is 15.5. The maximum atomic E-state index is 13.0. The molecule has 7 heteroatoms. The summed E-state index contributed by atoms with van der Waals surface area (Å²) in [5, 5.41) is 11.5. The van der Waals surface area contributed by atoms with Crippen molar-refractivity contribution in [2.75, 3.05) is 27.3 Å². The SMILES string of the molecule is COc1cccc(-c2cn3c(C(=O)N(C)CC4(CO)CCC4)csc3n2)c1. The number of aliphatic hydroxyl groups is 1. The third-order valence-electron chi connectivity index (χ3n) is 5.46. The summed E-state index contributed by atoms with van der Waals surface area (Å²) < 4.78 is 7.14. The Morgan fingerprint density at radius 3 is 2.93 bits per heavy atom. The van der Waals surface area contributed by atoms with E-state index in [1.165, 1.54) is 11.3 Å². The van der Waals surface area contributed by atoms with E-state index in [4.69, 9.17) is 4.74 Å². The second-order valence-corrected chi connectivity index (χ2v) is 8.14. The second-order valence-electron chi connectivity index (χ2n) is 7.30. The van der Waals surface area contributed by atoms with Crippen LogP contribution in [0.1, 0.15) is 29.8 Å². The van der Waals surface area contributed by atoms with Crippen molar-refractivity contribution in [1.29, 1.82) is 0 Å². The lowest BCUT2D eigenvalue weighted by atomic mass is 9.69. The molecule has 0 unspecified atom stereocenters. The molecule has 0 atom stereocenters. The smallest absolute Gasteiger partial charge is 0.271 e. The van der Waals surface area contributed by atoms with Crippen molar-refractivity contribution in [3.05, 3.63) is 41.5 Å². The third-order valence-corrected chi connectivity index (χ3v) is 6.30. The van der Waals surface area contributed by atoms with E-state index >= 15 is 0 Å². The molecule has 1 aromatic carbocycles. The molecular weight excluding hydrogens is 362 g/mol. The minimum Gasteiger partial charge on any atom is -0.497 e. The van der Waals surface area contributed by atoms with E-state index in [0.717, 1.165) is 41.2 Å². The molecule has 1 amide bonds. The Hall–Kier alpha value is -2.38. The first-order valence-electron chi connectivity index (χ1n) is 9.03. The number of ether oxygens (including phenoxy) is 1. The highest BCUT2D eigenvalue weighted by atomic mass is 32.1. The van der Waals surface area contributed by atoms with Gasteiger partial charge in [0, 0.05) is 36.1 Å². The number of aromatic nitrogens is 2. The highest BCUT2D eigenvalue weighted by Gasteiger charge is 2.38. The number of fused-ring (bicyclic) bond motifs is 1. The summed E-state index contributed by atoms with van der Waals surface area (Å²) in [4.78, 5) is 20.1. The standard InChI is InChI=1S/C20H23N3O3S/c1-22(12-20(13-24)7-4-8-20)18(25)17-11-27-19-21-16(10-23(17)19)14-5-3-6-15(9-14)26-2/h3,5-6,9-11,24H,4,7-8,12-13H2,1-2H3. The van der Waals surface area contributed by atoms with Gasteiger partial charge in [-0.05, 0) is 25.0 Å². The lowest BCUT2D eigenvalue weighted by molar-refractivity contribution is 0.0144. The molecule has 0 bridgehead atoms. The number of nitrogens with zero attached hydrogens (tertiary/aromatic N) is 3. The number of aliphatic hydroxyl groups excluding tert-OH is 1.